The number of halogens is 2. The lowest BCUT2D eigenvalue weighted by Gasteiger charge is -2.15. The van der Waals surface area contributed by atoms with Gasteiger partial charge in [0.15, 0.2) is 15.8 Å². The van der Waals surface area contributed by atoms with E-state index in [0.717, 1.165) is 0 Å². The highest BCUT2D eigenvalue weighted by Gasteiger charge is 2.27. The van der Waals surface area contributed by atoms with Gasteiger partial charge in [-0.2, -0.15) is 0 Å². The summed E-state index contributed by atoms with van der Waals surface area (Å²) in [7, 11) is 3.33. The number of hydrogen-bond donors (Lipinski definition) is 1. The van der Waals surface area contributed by atoms with Crippen LogP contribution in [0.1, 0.15) is 0 Å². The number of fused-ring (bicyclic) bond motifs is 1. The Morgan fingerprint density at radius 2 is 1.83 bits per heavy atom. The Morgan fingerprint density at radius 1 is 1.21 bits per heavy atom. The zero-order valence-corrected chi connectivity index (χ0v) is 13.8. The number of nitro groups is 1. The average Bonchev–Trinajstić information content (AvgIpc) is 2.99. The van der Waals surface area contributed by atoms with E-state index in [0.29, 0.717) is 11.4 Å². The Kier molecular flexibility index (Phi) is 4.08. The maximum Gasteiger partial charge on any atom is 0.323 e. The zero-order chi connectivity index (χ0) is 17.4. The van der Waals surface area contributed by atoms with Gasteiger partial charge in [-0.05, 0) is 16.4 Å². The first-order chi connectivity index (χ1) is 11.4. The molecule has 3 aromatic rings. The molecule has 124 valence electrons. The summed E-state index contributed by atoms with van der Waals surface area (Å²) in [5.41, 5.74) is 0.835. The van der Waals surface area contributed by atoms with Crippen LogP contribution >= 0.6 is 23.2 Å². The maximum atomic E-state index is 11.4. The predicted octanol–water partition coefficient (Wildman–Crippen LogP) is 3.04. The number of nitrogens with one attached hydrogen (secondary N) is 1. The van der Waals surface area contributed by atoms with Crippen LogP contribution in [0.15, 0.2) is 17.0 Å². The quantitative estimate of drug-likeness (QED) is 0.419. The van der Waals surface area contributed by atoms with Gasteiger partial charge < -0.3 is 10.2 Å². The number of anilines is 3. The molecule has 0 unspecified atom stereocenters. The van der Waals surface area contributed by atoms with Crippen molar-refractivity contribution in [3.63, 3.8) is 0 Å². The zero-order valence-electron chi connectivity index (χ0n) is 12.3. The van der Waals surface area contributed by atoms with E-state index in [1.165, 1.54) is 12.4 Å². The molecule has 0 spiro atoms. The number of nitrogens with zero attached hydrogens (tertiary/aromatic N) is 6. The van der Waals surface area contributed by atoms with Crippen molar-refractivity contribution >= 4 is 57.0 Å². The second-order valence-corrected chi connectivity index (χ2v) is 5.58. The second kappa shape index (κ2) is 6.06. The predicted molar refractivity (Wildman–Crippen MR) is 88.1 cm³/mol. The highest BCUT2D eigenvalue weighted by Crippen LogP contribution is 2.40. The SMILES string of the molecule is CN(C)c1cc(Nc2c(Cl)ncnc2Cl)c2nonc2c1[N+](=O)[O-]. The molecule has 10 nitrogen and oxygen atoms in total. The first-order valence-electron chi connectivity index (χ1n) is 6.44. The van der Waals surface area contributed by atoms with E-state index < -0.39 is 4.92 Å². The summed E-state index contributed by atoms with van der Waals surface area (Å²) in [6.45, 7) is 0. The van der Waals surface area contributed by atoms with Crippen LogP contribution in [0.2, 0.25) is 10.3 Å². The van der Waals surface area contributed by atoms with Gasteiger partial charge in [0.25, 0.3) is 0 Å². The largest absolute Gasteiger partial charge is 0.372 e. The van der Waals surface area contributed by atoms with E-state index >= 15 is 0 Å². The van der Waals surface area contributed by atoms with Gasteiger partial charge >= 0.3 is 5.69 Å². The van der Waals surface area contributed by atoms with Gasteiger partial charge in [0, 0.05) is 14.1 Å². The van der Waals surface area contributed by atoms with Gasteiger partial charge in [-0.25, -0.2) is 14.6 Å². The summed E-state index contributed by atoms with van der Waals surface area (Å²) in [5, 5.41) is 21.9. The standard InChI is InChI=1S/C12H9Cl2N7O3/c1-20(2)6-3-5(17-9-11(13)15-4-16-12(9)14)7-8(19-24-18-7)10(6)21(22)23/h3-4,17H,1-2H3. The number of rotatable bonds is 4. The molecule has 0 saturated carbocycles. The molecule has 3 rings (SSSR count). The molecule has 0 radical (unpaired) electrons. The Balaban J connectivity index is 2.24. The molecule has 0 amide bonds. The average molecular weight is 370 g/mol. The summed E-state index contributed by atoms with van der Waals surface area (Å²) >= 11 is 12.0. The van der Waals surface area contributed by atoms with Crippen molar-refractivity contribution in [3.05, 3.63) is 32.8 Å². The fourth-order valence-corrected chi connectivity index (χ4v) is 2.52. The van der Waals surface area contributed by atoms with Crippen LogP contribution in [0, 0.1) is 10.1 Å². The molecule has 0 fully saturated rings. The molecule has 1 aromatic carbocycles. The van der Waals surface area contributed by atoms with Crippen molar-refractivity contribution in [2.24, 2.45) is 0 Å². The van der Waals surface area contributed by atoms with Crippen LogP contribution < -0.4 is 10.2 Å². The third-order valence-electron chi connectivity index (χ3n) is 3.17. The van der Waals surface area contributed by atoms with Crippen molar-refractivity contribution in [1.82, 2.24) is 20.3 Å². The summed E-state index contributed by atoms with van der Waals surface area (Å²) in [6, 6.07) is 1.52. The van der Waals surface area contributed by atoms with Crippen molar-refractivity contribution in [1.29, 1.82) is 0 Å². The van der Waals surface area contributed by atoms with Crippen LogP contribution in [-0.4, -0.2) is 39.3 Å². The molecular weight excluding hydrogens is 361 g/mol. The number of aromatic nitrogens is 4. The molecule has 24 heavy (non-hydrogen) atoms. The van der Waals surface area contributed by atoms with Gasteiger partial charge in [-0.3, -0.25) is 10.1 Å². The van der Waals surface area contributed by atoms with Gasteiger partial charge in [0.05, 0.1) is 10.6 Å². The molecule has 2 aromatic heterocycles. The molecule has 0 aliphatic carbocycles. The van der Waals surface area contributed by atoms with Gasteiger partial charge in [-0.15, -0.1) is 0 Å². The van der Waals surface area contributed by atoms with Crippen LogP contribution in [0.5, 0.6) is 0 Å². The molecule has 2 heterocycles. The second-order valence-electron chi connectivity index (χ2n) is 4.86. The summed E-state index contributed by atoms with van der Waals surface area (Å²) < 4.78 is 4.67. The maximum absolute atomic E-state index is 11.4. The fraction of sp³-hybridized carbons (Fsp3) is 0.167. The monoisotopic (exact) mass is 369 g/mol. The number of nitro benzene ring substituents is 1. The first-order valence-corrected chi connectivity index (χ1v) is 7.19. The van der Waals surface area contributed by atoms with Crippen molar-refractivity contribution in [3.8, 4) is 0 Å². The first kappa shape index (κ1) is 16.1. The van der Waals surface area contributed by atoms with E-state index in [1.807, 2.05) is 0 Å². The third-order valence-corrected chi connectivity index (χ3v) is 3.74. The normalized spacial score (nSPS) is 10.8. The summed E-state index contributed by atoms with van der Waals surface area (Å²) in [5.74, 6) is 0. The van der Waals surface area contributed by atoms with Crippen molar-refractivity contribution in [2.75, 3.05) is 24.3 Å². The lowest BCUT2D eigenvalue weighted by atomic mass is 10.2. The van der Waals surface area contributed by atoms with Crippen molar-refractivity contribution in [2.45, 2.75) is 0 Å². The molecule has 0 aliphatic rings. The van der Waals surface area contributed by atoms with E-state index in [9.17, 15) is 10.1 Å². The van der Waals surface area contributed by atoms with Gasteiger partial charge in [0.1, 0.15) is 17.7 Å². The lowest BCUT2D eigenvalue weighted by molar-refractivity contribution is -0.382. The van der Waals surface area contributed by atoms with Crippen LogP contribution in [0.4, 0.5) is 22.7 Å². The van der Waals surface area contributed by atoms with E-state index in [-0.39, 0.29) is 32.7 Å². The minimum absolute atomic E-state index is 0.00204. The summed E-state index contributed by atoms with van der Waals surface area (Å²) in [6.07, 6.45) is 1.21. The Labute approximate surface area is 144 Å². The molecule has 1 N–H and O–H groups in total. The highest BCUT2D eigenvalue weighted by molar-refractivity contribution is 6.37. The third kappa shape index (κ3) is 2.65. The van der Waals surface area contributed by atoms with Crippen molar-refractivity contribution < 1.29 is 9.55 Å². The van der Waals surface area contributed by atoms with Gasteiger partial charge in [-0.1, -0.05) is 23.2 Å². The van der Waals surface area contributed by atoms with Crippen LogP contribution in [0.3, 0.4) is 0 Å². The minimum atomic E-state index is -0.544. The number of hydrogen-bond acceptors (Lipinski definition) is 9. The molecular formula is C12H9Cl2N7O3. The van der Waals surface area contributed by atoms with Gasteiger partial charge in [0.2, 0.25) is 5.52 Å². The van der Waals surface area contributed by atoms with Crippen LogP contribution in [-0.2, 0) is 0 Å². The number of benzene rings is 1. The molecule has 0 bridgehead atoms. The minimum Gasteiger partial charge on any atom is -0.372 e. The molecule has 0 aliphatic heterocycles. The van der Waals surface area contributed by atoms with E-state index in [4.69, 9.17) is 23.2 Å². The topological polar surface area (TPSA) is 123 Å². The lowest BCUT2D eigenvalue weighted by Crippen LogP contribution is -2.12. The molecule has 0 atom stereocenters. The Hall–Kier alpha value is -2.72. The Morgan fingerprint density at radius 3 is 2.42 bits per heavy atom. The molecule has 0 saturated heterocycles. The summed E-state index contributed by atoms with van der Waals surface area (Å²) in [4.78, 5) is 20.1. The molecule has 12 heteroatoms. The van der Waals surface area contributed by atoms with Crippen LogP contribution in [0.25, 0.3) is 11.0 Å². The fourth-order valence-electron chi connectivity index (χ4n) is 2.11. The van der Waals surface area contributed by atoms with E-state index in [2.05, 4.69) is 30.2 Å². The Bertz CT molecular complexity index is 924. The smallest absolute Gasteiger partial charge is 0.323 e. The highest BCUT2D eigenvalue weighted by atomic mass is 35.5. The van der Waals surface area contributed by atoms with E-state index in [1.54, 1.807) is 19.0 Å².